The molecule has 1 N–H and O–H groups in total. The average Bonchev–Trinajstić information content (AvgIpc) is 2.47. The van der Waals surface area contributed by atoms with Crippen molar-refractivity contribution in [1.82, 2.24) is 9.55 Å². The minimum Gasteiger partial charge on any atom is -0.477 e. The lowest BCUT2D eigenvalue weighted by Gasteiger charge is -2.15. The number of fused-ring (bicyclic) bond motifs is 1. The number of hydrogen-bond donors (Lipinski definition) is 1. The van der Waals surface area contributed by atoms with Crippen LogP contribution in [-0.2, 0) is 17.9 Å². The summed E-state index contributed by atoms with van der Waals surface area (Å²) in [6.07, 6.45) is 1.37. The highest BCUT2D eigenvalue weighted by molar-refractivity contribution is 5.85. The van der Waals surface area contributed by atoms with Crippen LogP contribution in [0.4, 0.5) is 0 Å². The molecule has 1 aromatic rings. The van der Waals surface area contributed by atoms with Crippen molar-refractivity contribution in [3.05, 3.63) is 17.7 Å². The van der Waals surface area contributed by atoms with Crippen molar-refractivity contribution >= 4 is 18.4 Å². The van der Waals surface area contributed by atoms with E-state index >= 15 is 0 Å². The maximum absolute atomic E-state index is 10.6. The lowest BCUT2D eigenvalue weighted by atomic mass is 10.4. The molecular formula is C7H9ClN2O3. The molecular weight excluding hydrogens is 196 g/mol. The molecule has 1 aliphatic rings. The molecule has 0 spiro atoms. The number of nitrogens with zero attached hydrogens (tertiary/aromatic N) is 2. The summed E-state index contributed by atoms with van der Waals surface area (Å²) < 4.78 is 6.79. The Bertz CT molecular complexity index is 324. The van der Waals surface area contributed by atoms with E-state index < -0.39 is 5.97 Å². The van der Waals surface area contributed by atoms with Gasteiger partial charge >= 0.3 is 5.97 Å². The first-order chi connectivity index (χ1) is 5.79. The van der Waals surface area contributed by atoms with E-state index in [4.69, 9.17) is 9.84 Å². The van der Waals surface area contributed by atoms with Gasteiger partial charge in [0.2, 0.25) is 0 Å². The minimum absolute atomic E-state index is 0. The zero-order valence-electron chi connectivity index (χ0n) is 6.77. The zero-order chi connectivity index (χ0) is 8.55. The number of imidazole rings is 1. The molecule has 5 nitrogen and oxygen atoms in total. The third-order valence-corrected chi connectivity index (χ3v) is 1.85. The second-order valence-electron chi connectivity index (χ2n) is 2.57. The Morgan fingerprint density at radius 3 is 3.15 bits per heavy atom. The molecule has 13 heavy (non-hydrogen) atoms. The Morgan fingerprint density at radius 1 is 1.69 bits per heavy atom. The SMILES string of the molecule is Cl.O=C(O)c1cnc2n1CCOC2. The van der Waals surface area contributed by atoms with Crippen LogP contribution in [0.1, 0.15) is 16.3 Å². The number of halogens is 1. The number of carbonyl (C=O) groups is 1. The summed E-state index contributed by atoms with van der Waals surface area (Å²) in [5, 5.41) is 8.73. The highest BCUT2D eigenvalue weighted by Gasteiger charge is 2.17. The van der Waals surface area contributed by atoms with Gasteiger partial charge in [0.1, 0.15) is 18.1 Å². The Kier molecular flexibility index (Phi) is 2.90. The van der Waals surface area contributed by atoms with Crippen LogP contribution in [-0.4, -0.2) is 27.2 Å². The van der Waals surface area contributed by atoms with Crippen molar-refractivity contribution in [3.63, 3.8) is 0 Å². The number of carboxylic acid groups (broad SMARTS) is 1. The molecule has 0 radical (unpaired) electrons. The fraction of sp³-hybridized carbons (Fsp3) is 0.429. The molecule has 2 rings (SSSR count). The molecule has 0 atom stereocenters. The predicted octanol–water partition coefficient (Wildman–Crippen LogP) is 0.533. The fourth-order valence-corrected chi connectivity index (χ4v) is 1.27. The van der Waals surface area contributed by atoms with Crippen LogP contribution in [0.3, 0.4) is 0 Å². The van der Waals surface area contributed by atoms with Gasteiger partial charge in [-0.05, 0) is 0 Å². The Hall–Kier alpha value is -1.07. The molecule has 6 heteroatoms. The highest BCUT2D eigenvalue weighted by atomic mass is 35.5. The number of ether oxygens (including phenoxy) is 1. The number of aromatic nitrogens is 2. The molecule has 0 aliphatic carbocycles. The van der Waals surface area contributed by atoms with Crippen molar-refractivity contribution in [2.75, 3.05) is 6.61 Å². The fourth-order valence-electron chi connectivity index (χ4n) is 1.27. The molecule has 72 valence electrons. The average molecular weight is 205 g/mol. The van der Waals surface area contributed by atoms with Crippen molar-refractivity contribution in [3.8, 4) is 0 Å². The Morgan fingerprint density at radius 2 is 2.46 bits per heavy atom. The van der Waals surface area contributed by atoms with Crippen molar-refractivity contribution in [1.29, 1.82) is 0 Å². The van der Waals surface area contributed by atoms with Gasteiger partial charge in [0.25, 0.3) is 0 Å². The number of hydrogen-bond acceptors (Lipinski definition) is 3. The van der Waals surface area contributed by atoms with Crippen molar-refractivity contribution < 1.29 is 14.6 Å². The summed E-state index contributed by atoms with van der Waals surface area (Å²) in [5.74, 6) is -0.241. The second kappa shape index (κ2) is 3.76. The summed E-state index contributed by atoms with van der Waals surface area (Å²) >= 11 is 0. The van der Waals surface area contributed by atoms with Crippen molar-refractivity contribution in [2.24, 2.45) is 0 Å². The van der Waals surface area contributed by atoms with Gasteiger partial charge < -0.3 is 14.4 Å². The second-order valence-corrected chi connectivity index (χ2v) is 2.57. The van der Waals surface area contributed by atoms with Gasteiger partial charge in [0, 0.05) is 6.54 Å². The van der Waals surface area contributed by atoms with E-state index in [-0.39, 0.29) is 18.1 Å². The van der Waals surface area contributed by atoms with Gasteiger partial charge in [-0.2, -0.15) is 0 Å². The minimum atomic E-state index is -0.935. The van der Waals surface area contributed by atoms with Crippen LogP contribution in [0.25, 0.3) is 0 Å². The molecule has 0 saturated carbocycles. The van der Waals surface area contributed by atoms with Crippen LogP contribution in [0.2, 0.25) is 0 Å². The summed E-state index contributed by atoms with van der Waals surface area (Å²) in [7, 11) is 0. The topological polar surface area (TPSA) is 64.3 Å². The van der Waals surface area contributed by atoms with E-state index in [2.05, 4.69) is 4.98 Å². The van der Waals surface area contributed by atoms with E-state index in [0.29, 0.717) is 25.6 Å². The molecule has 0 fully saturated rings. The first-order valence-corrected chi connectivity index (χ1v) is 3.64. The molecule has 0 bridgehead atoms. The summed E-state index contributed by atoms with van der Waals surface area (Å²) in [4.78, 5) is 14.6. The predicted molar refractivity (Wildman–Crippen MR) is 46.1 cm³/mol. The lowest BCUT2D eigenvalue weighted by Crippen LogP contribution is -2.20. The molecule has 1 aromatic heterocycles. The molecule has 2 heterocycles. The zero-order valence-corrected chi connectivity index (χ0v) is 7.58. The van der Waals surface area contributed by atoms with E-state index in [0.717, 1.165) is 0 Å². The number of aromatic carboxylic acids is 1. The standard InChI is InChI=1S/C7H8N2O3.ClH/c10-7(11)5-3-8-6-4-12-2-1-9(5)6;/h3H,1-2,4H2,(H,10,11);1H. The Labute approximate surface area is 80.7 Å². The third-order valence-electron chi connectivity index (χ3n) is 1.85. The molecule has 0 saturated heterocycles. The normalized spacial score (nSPS) is 14.5. The van der Waals surface area contributed by atoms with Gasteiger partial charge in [-0.15, -0.1) is 12.4 Å². The molecule has 0 amide bonds. The van der Waals surface area contributed by atoms with Gasteiger partial charge in [-0.3, -0.25) is 0 Å². The van der Waals surface area contributed by atoms with Gasteiger partial charge in [0.05, 0.1) is 12.8 Å². The maximum Gasteiger partial charge on any atom is 0.354 e. The van der Waals surface area contributed by atoms with Crippen LogP contribution in [0.5, 0.6) is 0 Å². The van der Waals surface area contributed by atoms with Gasteiger partial charge in [-0.1, -0.05) is 0 Å². The smallest absolute Gasteiger partial charge is 0.354 e. The van der Waals surface area contributed by atoms with Gasteiger partial charge in [0.15, 0.2) is 0 Å². The molecule has 1 aliphatic heterocycles. The van der Waals surface area contributed by atoms with E-state index in [9.17, 15) is 4.79 Å². The van der Waals surface area contributed by atoms with Crippen LogP contribution in [0.15, 0.2) is 6.20 Å². The molecule has 0 aromatic carbocycles. The van der Waals surface area contributed by atoms with E-state index in [1.165, 1.54) is 6.20 Å². The maximum atomic E-state index is 10.6. The third kappa shape index (κ3) is 1.66. The Balaban J connectivity index is 0.000000845. The van der Waals surface area contributed by atoms with Crippen LogP contribution in [0, 0.1) is 0 Å². The first kappa shape index (κ1) is 10.0. The number of carboxylic acids is 1. The molecule has 0 unspecified atom stereocenters. The number of rotatable bonds is 1. The van der Waals surface area contributed by atoms with E-state index in [1.54, 1.807) is 4.57 Å². The first-order valence-electron chi connectivity index (χ1n) is 3.64. The highest BCUT2D eigenvalue weighted by Crippen LogP contribution is 2.10. The van der Waals surface area contributed by atoms with Crippen LogP contribution >= 0.6 is 12.4 Å². The van der Waals surface area contributed by atoms with E-state index in [1.807, 2.05) is 0 Å². The quantitative estimate of drug-likeness (QED) is 0.725. The summed E-state index contributed by atoms with van der Waals surface area (Å²) in [6, 6.07) is 0. The van der Waals surface area contributed by atoms with Crippen molar-refractivity contribution in [2.45, 2.75) is 13.2 Å². The van der Waals surface area contributed by atoms with Crippen LogP contribution < -0.4 is 0 Å². The van der Waals surface area contributed by atoms with Gasteiger partial charge in [-0.25, -0.2) is 9.78 Å². The largest absolute Gasteiger partial charge is 0.477 e. The summed E-state index contributed by atoms with van der Waals surface area (Å²) in [5.41, 5.74) is 0.244. The monoisotopic (exact) mass is 204 g/mol. The lowest BCUT2D eigenvalue weighted by molar-refractivity contribution is 0.0642. The summed E-state index contributed by atoms with van der Waals surface area (Å²) in [6.45, 7) is 1.55.